The van der Waals surface area contributed by atoms with Crippen molar-refractivity contribution < 1.29 is 23.8 Å². The third-order valence-corrected chi connectivity index (χ3v) is 4.62. The maximum atomic E-state index is 11.8. The van der Waals surface area contributed by atoms with Crippen LogP contribution in [0.2, 0.25) is 0 Å². The normalized spacial score (nSPS) is 13.4. The first-order valence-corrected chi connectivity index (χ1v) is 8.77. The number of carbonyl (C=O) groups is 2. The van der Waals surface area contributed by atoms with Gasteiger partial charge in [0.25, 0.3) is 0 Å². The number of methoxy groups -OCH3 is 2. The molecule has 1 fully saturated rings. The molecule has 0 saturated carbocycles. The first kappa shape index (κ1) is 18.8. The molecule has 0 aromatic heterocycles. The lowest BCUT2D eigenvalue weighted by atomic mass is 9.95. The number of esters is 1. The fourth-order valence-corrected chi connectivity index (χ4v) is 3.22. The summed E-state index contributed by atoms with van der Waals surface area (Å²) in [4.78, 5) is 25.3. The molecule has 0 N–H and O–H groups in total. The molecule has 1 aliphatic heterocycles. The van der Waals surface area contributed by atoms with E-state index < -0.39 is 0 Å². The highest BCUT2D eigenvalue weighted by molar-refractivity contribution is 5.76. The molecule has 0 aliphatic carbocycles. The molecule has 1 aliphatic rings. The van der Waals surface area contributed by atoms with Gasteiger partial charge < -0.3 is 19.1 Å². The van der Waals surface area contributed by atoms with Crippen molar-refractivity contribution in [3.8, 4) is 16.9 Å². The zero-order chi connectivity index (χ0) is 19.4. The van der Waals surface area contributed by atoms with Gasteiger partial charge in [0.2, 0.25) is 0 Å². The monoisotopic (exact) mass is 369 g/mol. The van der Waals surface area contributed by atoms with E-state index in [-0.39, 0.29) is 18.5 Å². The molecule has 0 bridgehead atoms. The molecular weight excluding hydrogens is 346 g/mol. The Kier molecular flexibility index (Phi) is 5.64. The molecule has 1 amide bonds. The van der Waals surface area contributed by atoms with Crippen molar-refractivity contribution in [3.63, 3.8) is 0 Å². The fraction of sp³-hybridized carbons (Fsp3) is 0.333. The summed E-state index contributed by atoms with van der Waals surface area (Å²) in [5, 5.41) is 0. The highest BCUT2D eigenvalue weighted by Gasteiger charge is 2.23. The minimum absolute atomic E-state index is 0.132. The lowest BCUT2D eigenvalue weighted by molar-refractivity contribution is -0.139. The van der Waals surface area contributed by atoms with E-state index in [1.807, 2.05) is 37.3 Å². The number of benzene rings is 2. The molecule has 2 aromatic rings. The van der Waals surface area contributed by atoms with Gasteiger partial charge in [-0.05, 0) is 35.7 Å². The van der Waals surface area contributed by atoms with Crippen LogP contribution in [0, 0.1) is 6.92 Å². The van der Waals surface area contributed by atoms with Gasteiger partial charge in [0, 0.05) is 12.1 Å². The Morgan fingerprint density at radius 2 is 1.96 bits per heavy atom. The molecule has 1 saturated heterocycles. The minimum atomic E-state index is -0.325. The predicted octanol–water partition coefficient (Wildman–Crippen LogP) is 3.34. The fourth-order valence-electron chi connectivity index (χ4n) is 3.22. The quantitative estimate of drug-likeness (QED) is 0.731. The van der Waals surface area contributed by atoms with Crippen molar-refractivity contribution >= 4 is 12.1 Å². The number of hydrogen-bond donors (Lipinski definition) is 0. The van der Waals surface area contributed by atoms with Crippen LogP contribution in [-0.2, 0) is 27.2 Å². The van der Waals surface area contributed by atoms with Gasteiger partial charge in [-0.3, -0.25) is 4.79 Å². The van der Waals surface area contributed by atoms with Crippen LogP contribution in [0.4, 0.5) is 4.79 Å². The number of ether oxygens (including phenoxy) is 3. The topological polar surface area (TPSA) is 65.1 Å². The predicted molar refractivity (Wildman–Crippen MR) is 101 cm³/mol. The molecule has 6 heteroatoms. The van der Waals surface area contributed by atoms with Crippen LogP contribution in [0.3, 0.4) is 0 Å². The van der Waals surface area contributed by atoms with Crippen LogP contribution >= 0.6 is 0 Å². The zero-order valence-corrected chi connectivity index (χ0v) is 15.8. The van der Waals surface area contributed by atoms with Crippen molar-refractivity contribution in [2.75, 3.05) is 27.4 Å². The molecule has 0 spiro atoms. The summed E-state index contributed by atoms with van der Waals surface area (Å²) in [6.07, 6.45) is -0.156. The Bertz CT molecular complexity index is 862. The number of rotatable bonds is 6. The van der Waals surface area contributed by atoms with Crippen molar-refractivity contribution in [2.45, 2.75) is 19.9 Å². The molecule has 2 aromatic carbocycles. The maximum Gasteiger partial charge on any atom is 0.410 e. The lowest BCUT2D eigenvalue weighted by Crippen LogP contribution is -2.23. The third-order valence-electron chi connectivity index (χ3n) is 4.62. The van der Waals surface area contributed by atoms with Gasteiger partial charge >= 0.3 is 12.1 Å². The van der Waals surface area contributed by atoms with Crippen LogP contribution in [-0.4, -0.2) is 44.3 Å². The standard InChI is InChI=1S/C21H23NO5/c1-14-4-6-18(17(10-14)13-22-8-9-27-21(22)24)15-5-7-19(25-2)16(11-15)12-20(23)26-3/h4-7,10-11H,8-9,12-13H2,1-3H3. The second kappa shape index (κ2) is 8.12. The second-order valence-electron chi connectivity index (χ2n) is 6.48. The van der Waals surface area contributed by atoms with E-state index in [9.17, 15) is 9.59 Å². The summed E-state index contributed by atoms with van der Waals surface area (Å²) in [6.45, 7) is 3.51. The molecule has 0 unspecified atom stereocenters. The third kappa shape index (κ3) is 4.22. The Balaban J connectivity index is 1.99. The van der Waals surface area contributed by atoms with Crippen LogP contribution in [0.5, 0.6) is 5.75 Å². The average molecular weight is 369 g/mol. The largest absolute Gasteiger partial charge is 0.496 e. The molecular formula is C21H23NO5. The number of cyclic esters (lactones) is 1. The van der Waals surface area contributed by atoms with Crippen molar-refractivity contribution in [1.29, 1.82) is 0 Å². The van der Waals surface area contributed by atoms with E-state index in [2.05, 4.69) is 6.07 Å². The van der Waals surface area contributed by atoms with Crippen LogP contribution in [0.25, 0.3) is 11.1 Å². The molecule has 1 heterocycles. The van der Waals surface area contributed by atoms with Gasteiger partial charge in [0.1, 0.15) is 12.4 Å². The van der Waals surface area contributed by atoms with Crippen molar-refractivity contribution in [3.05, 3.63) is 53.1 Å². The Labute approximate surface area is 158 Å². The van der Waals surface area contributed by atoms with E-state index >= 15 is 0 Å². The molecule has 142 valence electrons. The van der Waals surface area contributed by atoms with Gasteiger partial charge in [-0.25, -0.2) is 4.79 Å². The summed E-state index contributed by atoms with van der Waals surface area (Å²) < 4.78 is 15.2. The minimum Gasteiger partial charge on any atom is -0.496 e. The molecule has 0 atom stereocenters. The van der Waals surface area contributed by atoms with Crippen molar-refractivity contribution in [2.24, 2.45) is 0 Å². The van der Waals surface area contributed by atoms with E-state index in [0.29, 0.717) is 25.4 Å². The molecule has 3 rings (SSSR count). The smallest absolute Gasteiger partial charge is 0.410 e. The van der Waals surface area contributed by atoms with E-state index in [1.54, 1.807) is 12.0 Å². The maximum absolute atomic E-state index is 11.8. The SMILES string of the molecule is COC(=O)Cc1cc(-c2ccc(C)cc2CN2CCOC2=O)ccc1OC. The Hall–Kier alpha value is -3.02. The van der Waals surface area contributed by atoms with Crippen LogP contribution < -0.4 is 4.74 Å². The zero-order valence-electron chi connectivity index (χ0n) is 15.8. The highest BCUT2D eigenvalue weighted by atomic mass is 16.6. The molecule has 0 radical (unpaired) electrons. The summed E-state index contributed by atoms with van der Waals surface area (Å²) in [6, 6.07) is 11.9. The van der Waals surface area contributed by atoms with E-state index in [4.69, 9.17) is 14.2 Å². The number of amides is 1. The number of carbonyl (C=O) groups excluding carboxylic acids is 2. The number of aryl methyl sites for hydroxylation is 1. The second-order valence-corrected chi connectivity index (χ2v) is 6.48. The van der Waals surface area contributed by atoms with Gasteiger partial charge in [-0.1, -0.05) is 29.8 Å². The lowest BCUT2D eigenvalue weighted by Gasteiger charge is -2.18. The molecule has 6 nitrogen and oxygen atoms in total. The summed E-state index contributed by atoms with van der Waals surface area (Å²) >= 11 is 0. The first-order chi connectivity index (χ1) is 13.0. The van der Waals surface area contributed by atoms with Gasteiger partial charge in [-0.15, -0.1) is 0 Å². The van der Waals surface area contributed by atoms with E-state index in [1.165, 1.54) is 7.11 Å². The highest BCUT2D eigenvalue weighted by Crippen LogP contribution is 2.31. The Morgan fingerprint density at radius 1 is 1.15 bits per heavy atom. The van der Waals surface area contributed by atoms with E-state index in [0.717, 1.165) is 27.8 Å². The number of hydrogen-bond acceptors (Lipinski definition) is 5. The first-order valence-electron chi connectivity index (χ1n) is 8.77. The van der Waals surface area contributed by atoms with Gasteiger partial charge in [0.15, 0.2) is 0 Å². The Morgan fingerprint density at radius 3 is 2.63 bits per heavy atom. The van der Waals surface area contributed by atoms with Gasteiger partial charge in [0.05, 0.1) is 27.2 Å². The van der Waals surface area contributed by atoms with Crippen LogP contribution in [0.15, 0.2) is 36.4 Å². The molecule has 27 heavy (non-hydrogen) atoms. The summed E-state index contributed by atoms with van der Waals surface area (Å²) in [7, 11) is 2.94. The summed E-state index contributed by atoms with van der Waals surface area (Å²) in [5.74, 6) is 0.315. The summed E-state index contributed by atoms with van der Waals surface area (Å²) in [5.41, 5.74) is 4.87. The van der Waals surface area contributed by atoms with Crippen LogP contribution in [0.1, 0.15) is 16.7 Å². The number of nitrogens with zero attached hydrogens (tertiary/aromatic N) is 1. The average Bonchev–Trinajstić information content (AvgIpc) is 3.06. The van der Waals surface area contributed by atoms with Gasteiger partial charge in [-0.2, -0.15) is 0 Å². The van der Waals surface area contributed by atoms with Crippen molar-refractivity contribution in [1.82, 2.24) is 4.90 Å².